The molecule has 0 aliphatic rings. The van der Waals surface area contributed by atoms with Crippen molar-refractivity contribution in [2.24, 2.45) is 0 Å². The zero-order valence-electron chi connectivity index (χ0n) is 12.7. The fourth-order valence-electron chi connectivity index (χ4n) is 2.14. The van der Waals surface area contributed by atoms with E-state index < -0.39 is 0 Å². The molecule has 0 unspecified atom stereocenters. The van der Waals surface area contributed by atoms with Crippen LogP contribution in [0.1, 0.15) is 17.0 Å². The molecule has 0 fully saturated rings. The highest BCUT2D eigenvalue weighted by atomic mass is 79.9. The van der Waals surface area contributed by atoms with Gasteiger partial charge in [0.25, 0.3) is 0 Å². The van der Waals surface area contributed by atoms with Gasteiger partial charge in [0.1, 0.15) is 5.76 Å². The summed E-state index contributed by atoms with van der Waals surface area (Å²) in [5, 5.41) is 5.57. The maximum absolute atomic E-state index is 12.1. The number of aromatic nitrogens is 1. The second-order valence-electron chi connectivity index (χ2n) is 5.24. The molecule has 6 heteroatoms. The first-order valence-electron chi connectivity index (χ1n) is 7.08. The summed E-state index contributed by atoms with van der Waals surface area (Å²) in [6.45, 7) is 3.88. The van der Waals surface area contributed by atoms with Crippen LogP contribution < -0.4 is 5.32 Å². The van der Waals surface area contributed by atoms with Gasteiger partial charge in [0, 0.05) is 15.5 Å². The maximum atomic E-state index is 12.1. The molecule has 1 N–H and O–H groups in total. The number of nitrogens with one attached hydrogen (secondary N) is 1. The van der Waals surface area contributed by atoms with Crippen LogP contribution >= 0.6 is 27.3 Å². The fraction of sp³-hybridized carbons (Fsp3) is 0.176. The number of furan rings is 1. The smallest absolute Gasteiger partial charge is 0.230 e. The number of thiazole rings is 1. The summed E-state index contributed by atoms with van der Waals surface area (Å²) in [5.74, 6) is 1.50. The highest BCUT2D eigenvalue weighted by Crippen LogP contribution is 2.26. The number of hydrogen-bond donors (Lipinski definition) is 1. The van der Waals surface area contributed by atoms with Crippen molar-refractivity contribution in [2.75, 3.05) is 5.32 Å². The molecule has 0 spiro atoms. The molecule has 0 atom stereocenters. The van der Waals surface area contributed by atoms with Crippen LogP contribution in [0, 0.1) is 13.8 Å². The molecule has 0 aliphatic heterocycles. The van der Waals surface area contributed by atoms with Gasteiger partial charge in [-0.1, -0.05) is 15.9 Å². The van der Waals surface area contributed by atoms with E-state index in [-0.39, 0.29) is 12.3 Å². The summed E-state index contributed by atoms with van der Waals surface area (Å²) >= 11 is 4.92. The van der Waals surface area contributed by atoms with Crippen molar-refractivity contribution in [3.05, 3.63) is 57.2 Å². The van der Waals surface area contributed by atoms with Crippen LogP contribution in [0.2, 0.25) is 0 Å². The molecule has 2 heterocycles. The molecular weight excluding hydrogens is 376 g/mol. The Morgan fingerprint density at radius 3 is 2.83 bits per heavy atom. The average molecular weight is 391 g/mol. The summed E-state index contributed by atoms with van der Waals surface area (Å²) < 4.78 is 6.57. The summed E-state index contributed by atoms with van der Waals surface area (Å²) in [6.07, 6.45) is 0.241. The number of carbonyl (C=O) groups is 1. The van der Waals surface area contributed by atoms with Crippen LogP contribution in [0.4, 0.5) is 5.69 Å². The maximum Gasteiger partial charge on any atom is 0.230 e. The third-order valence-electron chi connectivity index (χ3n) is 3.29. The minimum atomic E-state index is -0.0841. The monoisotopic (exact) mass is 390 g/mol. The lowest BCUT2D eigenvalue weighted by Crippen LogP contribution is -2.14. The first kappa shape index (κ1) is 16.0. The van der Waals surface area contributed by atoms with Gasteiger partial charge in [-0.15, -0.1) is 11.3 Å². The minimum Gasteiger partial charge on any atom is -0.459 e. The van der Waals surface area contributed by atoms with E-state index in [1.165, 1.54) is 11.3 Å². The lowest BCUT2D eigenvalue weighted by molar-refractivity contribution is -0.115. The number of anilines is 1. The number of halogens is 1. The van der Waals surface area contributed by atoms with E-state index in [0.29, 0.717) is 0 Å². The number of rotatable bonds is 4. The van der Waals surface area contributed by atoms with Crippen LogP contribution in [0.5, 0.6) is 0 Å². The number of carbonyl (C=O) groups excluding carboxylic acids is 1. The zero-order valence-corrected chi connectivity index (χ0v) is 15.1. The van der Waals surface area contributed by atoms with Crippen molar-refractivity contribution >= 4 is 38.9 Å². The molecular formula is C17H15BrN2O2S. The first-order chi connectivity index (χ1) is 11.0. The van der Waals surface area contributed by atoms with E-state index in [1.807, 2.05) is 49.6 Å². The molecule has 23 heavy (non-hydrogen) atoms. The Balaban J connectivity index is 1.66. The molecule has 0 bridgehead atoms. The van der Waals surface area contributed by atoms with E-state index >= 15 is 0 Å². The molecule has 4 nitrogen and oxygen atoms in total. The second kappa shape index (κ2) is 6.68. The molecule has 3 aromatic rings. The zero-order chi connectivity index (χ0) is 16.4. The number of benzene rings is 1. The van der Waals surface area contributed by atoms with Gasteiger partial charge < -0.3 is 9.73 Å². The first-order valence-corrected chi connectivity index (χ1v) is 8.76. The highest BCUT2D eigenvalue weighted by Gasteiger charge is 2.11. The van der Waals surface area contributed by atoms with Gasteiger partial charge >= 0.3 is 0 Å². The number of aryl methyl sites for hydroxylation is 2. The molecule has 3 rings (SSSR count). The van der Waals surface area contributed by atoms with Crippen molar-refractivity contribution < 1.29 is 9.21 Å². The Kier molecular flexibility index (Phi) is 4.63. The lowest BCUT2D eigenvalue weighted by Gasteiger charge is -2.06. The molecule has 1 aromatic carbocycles. The van der Waals surface area contributed by atoms with Crippen molar-refractivity contribution in [2.45, 2.75) is 20.3 Å². The fourth-order valence-corrected chi connectivity index (χ4v) is 3.17. The molecule has 2 aromatic heterocycles. The Morgan fingerprint density at radius 2 is 2.13 bits per heavy atom. The third kappa shape index (κ3) is 3.89. The van der Waals surface area contributed by atoms with Crippen LogP contribution in [0.3, 0.4) is 0 Å². The number of amides is 1. The second-order valence-corrected chi connectivity index (χ2v) is 6.96. The van der Waals surface area contributed by atoms with Gasteiger partial charge in [-0.05, 0) is 49.7 Å². The van der Waals surface area contributed by atoms with Gasteiger partial charge in [-0.25, -0.2) is 4.98 Å². The highest BCUT2D eigenvalue weighted by molar-refractivity contribution is 9.10. The Bertz CT molecular complexity index is 854. The molecule has 1 amide bonds. The van der Waals surface area contributed by atoms with Crippen LogP contribution in [0.25, 0.3) is 10.8 Å². The van der Waals surface area contributed by atoms with Crippen molar-refractivity contribution in [1.29, 1.82) is 0 Å². The normalized spacial score (nSPS) is 10.7. The summed E-state index contributed by atoms with van der Waals surface area (Å²) in [4.78, 5) is 16.6. The Labute approximate surface area is 146 Å². The summed E-state index contributed by atoms with van der Waals surface area (Å²) in [5.41, 5.74) is 2.60. The largest absolute Gasteiger partial charge is 0.459 e. The Morgan fingerprint density at radius 1 is 1.30 bits per heavy atom. The van der Waals surface area contributed by atoms with E-state index in [4.69, 9.17) is 4.42 Å². The van der Waals surface area contributed by atoms with E-state index in [0.717, 1.165) is 37.9 Å². The van der Waals surface area contributed by atoms with Gasteiger partial charge in [-0.3, -0.25) is 4.79 Å². The molecule has 0 saturated carbocycles. The van der Waals surface area contributed by atoms with Crippen LogP contribution in [-0.2, 0) is 11.2 Å². The van der Waals surface area contributed by atoms with Gasteiger partial charge in [0.05, 0.1) is 12.1 Å². The van der Waals surface area contributed by atoms with E-state index in [1.54, 1.807) is 0 Å². The van der Waals surface area contributed by atoms with Crippen molar-refractivity contribution in [1.82, 2.24) is 4.98 Å². The standard InChI is InChI=1S/C17H15BrN2O2S/c1-10-7-12(4-5-14(10)18)19-16(21)8-13-9-23-17(20-13)15-6-3-11(2)22-15/h3-7,9H,8H2,1-2H3,(H,19,21). The van der Waals surface area contributed by atoms with Crippen LogP contribution in [0.15, 0.2) is 44.6 Å². The molecule has 0 radical (unpaired) electrons. The molecule has 118 valence electrons. The molecule has 0 saturated heterocycles. The molecule has 0 aliphatic carbocycles. The lowest BCUT2D eigenvalue weighted by atomic mass is 10.2. The predicted octanol–water partition coefficient (Wildman–Crippen LogP) is 4.96. The average Bonchev–Trinajstić information content (AvgIpc) is 3.12. The predicted molar refractivity (Wildman–Crippen MR) is 95.8 cm³/mol. The Hall–Kier alpha value is -1.92. The minimum absolute atomic E-state index is 0.0841. The van der Waals surface area contributed by atoms with Gasteiger partial charge in [-0.2, -0.15) is 0 Å². The van der Waals surface area contributed by atoms with Crippen molar-refractivity contribution in [3.8, 4) is 10.8 Å². The van der Waals surface area contributed by atoms with E-state index in [2.05, 4.69) is 26.2 Å². The quantitative estimate of drug-likeness (QED) is 0.684. The third-order valence-corrected chi connectivity index (χ3v) is 5.08. The summed E-state index contributed by atoms with van der Waals surface area (Å²) in [7, 11) is 0. The van der Waals surface area contributed by atoms with Crippen LogP contribution in [-0.4, -0.2) is 10.9 Å². The van der Waals surface area contributed by atoms with E-state index in [9.17, 15) is 4.79 Å². The summed E-state index contributed by atoms with van der Waals surface area (Å²) in [6, 6.07) is 9.51. The number of hydrogen-bond acceptors (Lipinski definition) is 4. The SMILES string of the molecule is Cc1ccc(-c2nc(CC(=O)Nc3ccc(Br)c(C)c3)cs2)o1. The number of nitrogens with zero attached hydrogens (tertiary/aromatic N) is 1. The van der Waals surface area contributed by atoms with Gasteiger partial charge in [0.15, 0.2) is 10.8 Å². The topological polar surface area (TPSA) is 55.1 Å². The van der Waals surface area contributed by atoms with Crippen molar-refractivity contribution in [3.63, 3.8) is 0 Å². The van der Waals surface area contributed by atoms with Gasteiger partial charge in [0.2, 0.25) is 5.91 Å².